The number of piperazine rings is 1. The van der Waals surface area contributed by atoms with Crippen molar-refractivity contribution in [2.24, 2.45) is 0 Å². The molecule has 0 aromatic carbocycles. The van der Waals surface area contributed by atoms with Gasteiger partial charge in [0.15, 0.2) is 0 Å². The van der Waals surface area contributed by atoms with Crippen molar-refractivity contribution in [3.63, 3.8) is 0 Å². The van der Waals surface area contributed by atoms with Gasteiger partial charge in [0, 0.05) is 45.3 Å². The topological polar surface area (TPSA) is 45.2 Å². The highest BCUT2D eigenvalue weighted by Crippen LogP contribution is 2.22. The smallest absolute Gasteiger partial charge is 0.208 e. The fourth-order valence-electron chi connectivity index (χ4n) is 2.51. The largest absolute Gasteiger partial charge is 0.344 e. The molecular formula is C15H21N5S. The van der Waals surface area contributed by atoms with Gasteiger partial charge in [0.05, 0.1) is 5.69 Å². The van der Waals surface area contributed by atoms with Crippen molar-refractivity contribution in [1.82, 2.24) is 20.1 Å². The minimum Gasteiger partial charge on any atom is -0.344 e. The van der Waals surface area contributed by atoms with E-state index in [0.717, 1.165) is 61.4 Å². The van der Waals surface area contributed by atoms with Crippen LogP contribution < -0.4 is 4.90 Å². The third-order valence-electron chi connectivity index (χ3n) is 3.67. The van der Waals surface area contributed by atoms with Crippen molar-refractivity contribution >= 4 is 16.5 Å². The van der Waals surface area contributed by atoms with Gasteiger partial charge in [0.1, 0.15) is 5.01 Å². The molecule has 1 aliphatic heterocycles. The number of hydrogen-bond acceptors (Lipinski definition) is 6. The molecule has 1 aliphatic rings. The summed E-state index contributed by atoms with van der Waals surface area (Å²) in [5.41, 5.74) is 1.15. The molecular weight excluding hydrogens is 282 g/mol. The molecule has 0 unspecified atom stereocenters. The molecule has 0 bridgehead atoms. The van der Waals surface area contributed by atoms with E-state index in [-0.39, 0.29) is 0 Å². The Balaban J connectivity index is 1.52. The van der Waals surface area contributed by atoms with Crippen LogP contribution >= 0.6 is 11.3 Å². The minimum absolute atomic E-state index is 0.936. The van der Waals surface area contributed by atoms with E-state index in [9.17, 15) is 0 Å². The SMILES string of the molecule is CCCc1nnc(N2CCN(Cc3ccccn3)CC2)s1. The standard InChI is InChI=1S/C15H21N5S/c1-2-5-14-17-18-15(21-14)20-10-8-19(9-11-20)12-13-6-3-4-7-16-13/h3-4,6-7H,2,5,8-12H2,1H3. The van der Waals surface area contributed by atoms with Gasteiger partial charge in [0.2, 0.25) is 5.13 Å². The van der Waals surface area contributed by atoms with Crippen LogP contribution in [-0.2, 0) is 13.0 Å². The van der Waals surface area contributed by atoms with Crippen molar-refractivity contribution in [2.75, 3.05) is 31.1 Å². The molecule has 3 heterocycles. The molecule has 0 radical (unpaired) electrons. The van der Waals surface area contributed by atoms with E-state index in [1.807, 2.05) is 12.3 Å². The Morgan fingerprint density at radius 3 is 2.71 bits per heavy atom. The van der Waals surface area contributed by atoms with E-state index in [1.54, 1.807) is 11.3 Å². The van der Waals surface area contributed by atoms with Crippen LogP contribution in [0.3, 0.4) is 0 Å². The van der Waals surface area contributed by atoms with Gasteiger partial charge >= 0.3 is 0 Å². The maximum absolute atomic E-state index is 4.40. The number of aromatic nitrogens is 3. The number of rotatable bonds is 5. The molecule has 2 aromatic rings. The average Bonchev–Trinajstić information content (AvgIpc) is 2.98. The first kappa shape index (κ1) is 14.4. The van der Waals surface area contributed by atoms with E-state index >= 15 is 0 Å². The summed E-state index contributed by atoms with van der Waals surface area (Å²) in [6, 6.07) is 6.11. The van der Waals surface area contributed by atoms with E-state index in [0.29, 0.717) is 0 Å². The first-order valence-electron chi connectivity index (χ1n) is 7.54. The second kappa shape index (κ2) is 6.95. The highest BCUT2D eigenvalue weighted by atomic mass is 32.1. The lowest BCUT2D eigenvalue weighted by Crippen LogP contribution is -2.46. The maximum atomic E-state index is 4.40. The Bertz CT molecular complexity index is 548. The number of aryl methyl sites for hydroxylation is 1. The summed E-state index contributed by atoms with van der Waals surface area (Å²) >= 11 is 1.74. The summed E-state index contributed by atoms with van der Waals surface area (Å²) in [5, 5.41) is 10.8. The van der Waals surface area contributed by atoms with Gasteiger partial charge < -0.3 is 4.90 Å². The van der Waals surface area contributed by atoms with Crippen LogP contribution in [0.5, 0.6) is 0 Å². The van der Waals surface area contributed by atoms with Gasteiger partial charge in [-0.25, -0.2) is 0 Å². The molecule has 0 spiro atoms. The van der Waals surface area contributed by atoms with Crippen molar-refractivity contribution in [1.29, 1.82) is 0 Å². The van der Waals surface area contributed by atoms with Crippen molar-refractivity contribution in [2.45, 2.75) is 26.3 Å². The second-order valence-corrected chi connectivity index (χ2v) is 6.35. The predicted molar refractivity (Wildman–Crippen MR) is 85.6 cm³/mol. The van der Waals surface area contributed by atoms with Gasteiger partial charge in [0.25, 0.3) is 0 Å². The van der Waals surface area contributed by atoms with Gasteiger partial charge in [-0.05, 0) is 18.6 Å². The van der Waals surface area contributed by atoms with Crippen LogP contribution in [-0.4, -0.2) is 46.3 Å². The summed E-state index contributed by atoms with van der Waals surface area (Å²) in [6.45, 7) is 7.27. The normalized spacial score (nSPS) is 16.3. The van der Waals surface area contributed by atoms with Gasteiger partial charge in [-0.2, -0.15) is 0 Å². The Labute approximate surface area is 129 Å². The summed E-state index contributed by atoms with van der Waals surface area (Å²) in [4.78, 5) is 9.20. The zero-order valence-electron chi connectivity index (χ0n) is 12.4. The molecule has 21 heavy (non-hydrogen) atoms. The van der Waals surface area contributed by atoms with Crippen LogP contribution in [0, 0.1) is 0 Å². The van der Waals surface area contributed by atoms with E-state index in [2.05, 4.69) is 44.0 Å². The highest BCUT2D eigenvalue weighted by molar-refractivity contribution is 7.15. The Kier molecular flexibility index (Phi) is 4.77. The Morgan fingerprint density at radius 2 is 2.00 bits per heavy atom. The summed E-state index contributed by atoms with van der Waals surface area (Å²) < 4.78 is 0. The van der Waals surface area contributed by atoms with Crippen LogP contribution in [0.1, 0.15) is 24.0 Å². The van der Waals surface area contributed by atoms with Gasteiger partial charge in [-0.3, -0.25) is 9.88 Å². The van der Waals surface area contributed by atoms with E-state index in [1.165, 1.54) is 0 Å². The van der Waals surface area contributed by atoms with Crippen LogP contribution in [0.4, 0.5) is 5.13 Å². The number of hydrogen-bond donors (Lipinski definition) is 0. The van der Waals surface area contributed by atoms with Gasteiger partial charge in [-0.1, -0.05) is 24.3 Å². The third-order valence-corrected chi connectivity index (χ3v) is 4.72. The first-order chi connectivity index (χ1) is 10.3. The quantitative estimate of drug-likeness (QED) is 0.847. The molecule has 6 heteroatoms. The average molecular weight is 303 g/mol. The van der Waals surface area contributed by atoms with Crippen molar-refractivity contribution < 1.29 is 0 Å². The molecule has 0 amide bonds. The lowest BCUT2D eigenvalue weighted by atomic mass is 10.3. The molecule has 0 saturated carbocycles. The minimum atomic E-state index is 0.936. The summed E-state index contributed by atoms with van der Waals surface area (Å²) in [7, 11) is 0. The van der Waals surface area contributed by atoms with Crippen LogP contribution in [0.15, 0.2) is 24.4 Å². The molecule has 112 valence electrons. The molecule has 0 N–H and O–H groups in total. The molecule has 5 nitrogen and oxygen atoms in total. The lowest BCUT2D eigenvalue weighted by Gasteiger charge is -2.34. The van der Waals surface area contributed by atoms with E-state index in [4.69, 9.17) is 0 Å². The number of pyridine rings is 1. The molecule has 0 aliphatic carbocycles. The maximum Gasteiger partial charge on any atom is 0.208 e. The predicted octanol–water partition coefficient (Wildman–Crippen LogP) is 2.21. The molecule has 1 saturated heterocycles. The van der Waals surface area contributed by atoms with Crippen molar-refractivity contribution in [3.8, 4) is 0 Å². The fraction of sp³-hybridized carbons (Fsp3) is 0.533. The lowest BCUT2D eigenvalue weighted by molar-refractivity contribution is 0.247. The van der Waals surface area contributed by atoms with Gasteiger partial charge in [-0.15, -0.1) is 10.2 Å². The number of anilines is 1. The second-order valence-electron chi connectivity index (χ2n) is 5.31. The van der Waals surface area contributed by atoms with Crippen LogP contribution in [0.2, 0.25) is 0 Å². The zero-order valence-corrected chi connectivity index (χ0v) is 13.2. The van der Waals surface area contributed by atoms with Crippen molar-refractivity contribution in [3.05, 3.63) is 35.1 Å². The Hall–Kier alpha value is -1.53. The zero-order chi connectivity index (χ0) is 14.5. The first-order valence-corrected chi connectivity index (χ1v) is 8.36. The molecule has 2 aromatic heterocycles. The third kappa shape index (κ3) is 3.77. The Morgan fingerprint density at radius 1 is 1.14 bits per heavy atom. The summed E-state index contributed by atoms with van der Waals surface area (Å²) in [5.74, 6) is 0. The van der Waals surface area contributed by atoms with Crippen LogP contribution in [0.25, 0.3) is 0 Å². The molecule has 0 atom stereocenters. The summed E-state index contributed by atoms with van der Waals surface area (Å²) in [6.07, 6.45) is 4.03. The number of nitrogens with zero attached hydrogens (tertiary/aromatic N) is 5. The highest BCUT2D eigenvalue weighted by Gasteiger charge is 2.20. The monoisotopic (exact) mass is 303 g/mol. The van der Waals surface area contributed by atoms with E-state index < -0.39 is 0 Å². The fourth-order valence-corrected chi connectivity index (χ4v) is 3.50. The molecule has 1 fully saturated rings. The molecule has 3 rings (SSSR count).